The maximum Gasteiger partial charge on any atom is 0.336 e. The van der Waals surface area contributed by atoms with Crippen LogP contribution in [0.15, 0.2) is 36.4 Å². The molecular formula is C26H35FO3. The summed E-state index contributed by atoms with van der Waals surface area (Å²) in [5.74, 6) is -0.881. The highest BCUT2D eigenvalue weighted by atomic mass is 19.1. The van der Waals surface area contributed by atoms with Crippen LogP contribution >= 0.6 is 0 Å². The first-order valence-electron chi connectivity index (χ1n) is 11.4. The van der Waals surface area contributed by atoms with Gasteiger partial charge in [0.1, 0.15) is 11.6 Å². The summed E-state index contributed by atoms with van der Waals surface area (Å²) in [6.45, 7) is 4.92. The lowest BCUT2D eigenvalue weighted by atomic mass is 9.96. The molecule has 164 valence electrons. The Bertz CT molecular complexity index is 801. The lowest BCUT2D eigenvalue weighted by molar-refractivity contribution is 0.0697. The zero-order chi connectivity index (χ0) is 21.8. The molecule has 0 fully saturated rings. The third kappa shape index (κ3) is 7.47. The van der Waals surface area contributed by atoms with E-state index in [1.54, 1.807) is 18.2 Å². The van der Waals surface area contributed by atoms with Crippen molar-refractivity contribution in [3.8, 4) is 16.9 Å². The molecule has 4 heteroatoms. The van der Waals surface area contributed by atoms with Gasteiger partial charge in [-0.1, -0.05) is 70.9 Å². The maximum absolute atomic E-state index is 14.8. The smallest absolute Gasteiger partial charge is 0.336 e. The summed E-state index contributed by atoms with van der Waals surface area (Å²) in [6, 6.07) is 9.92. The molecule has 2 rings (SSSR count). The summed E-state index contributed by atoms with van der Waals surface area (Å²) in [5, 5.41) is 9.56. The minimum absolute atomic E-state index is 0.0829. The molecule has 0 atom stereocenters. The standard InChI is InChI=1S/C26H35FO3/c1-3-5-7-8-9-11-17-30-21-14-16-23(26(28)29)24(19-21)22-15-13-20(18-25(22)27)12-10-6-4-2/h13-16,18-19H,3-12,17H2,1-2H3,(H,28,29). The summed E-state index contributed by atoms with van der Waals surface area (Å²) in [7, 11) is 0. The second kappa shape index (κ2) is 13.0. The van der Waals surface area contributed by atoms with E-state index in [4.69, 9.17) is 4.74 Å². The van der Waals surface area contributed by atoms with Crippen molar-refractivity contribution >= 4 is 5.97 Å². The largest absolute Gasteiger partial charge is 0.494 e. The molecule has 0 unspecified atom stereocenters. The van der Waals surface area contributed by atoms with Gasteiger partial charge < -0.3 is 9.84 Å². The van der Waals surface area contributed by atoms with E-state index in [0.29, 0.717) is 23.5 Å². The van der Waals surface area contributed by atoms with Crippen molar-refractivity contribution in [3.05, 3.63) is 53.3 Å². The number of carboxylic acids is 1. The normalized spacial score (nSPS) is 10.9. The van der Waals surface area contributed by atoms with E-state index < -0.39 is 5.97 Å². The fourth-order valence-corrected chi connectivity index (χ4v) is 3.61. The Morgan fingerprint density at radius 1 is 0.867 bits per heavy atom. The quantitative estimate of drug-likeness (QED) is 0.323. The highest BCUT2D eigenvalue weighted by Gasteiger charge is 2.16. The summed E-state index contributed by atoms with van der Waals surface area (Å²) in [4.78, 5) is 11.7. The van der Waals surface area contributed by atoms with Crippen LogP contribution in [0.2, 0.25) is 0 Å². The van der Waals surface area contributed by atoms with Gasteiger partial charge in [-0.25, -0.2) is 9.18 Å². The van der Waals surface area contributed by atoms with Crippen molar-refractivity contribution in [2.24, 2.45) is 0 Å². The van der Waals surface area contributed by atoms with Crippen LogP contribution in [0, 0.1) is 5.82 Å². The van der Waals surface area contributed by atoms with E-state index in [9.17, 15) is 14.3 Å². The highest BCUT2D eigenvalue weighted by Crippen LogP contribution is 2.31. The summed E-state index contributed by atoms with van der Waals surface area (Å²) in [5.41, 5.74) is 1.69. The van der Waals surface area contributed by atoms with Gasteiger partial charge in [-0.15, -0.1) is 0 Å². The second-order valence-corrected chi connectivity index (χ2v) is 7.90. The fraction of sp³-hybridized carbons (Fsp3) is 0.500. The van der Waals surface area contributed by atoms with Gasteiger partial charge in [-0.2, -0.15) is 0 Å². The van der Waals surface area contributed by atoms with Crippen LogP contribution in [0.25, 0.3) is 11.1 Å². The fourth-order valence-electron chi connectivity index (χ4n) is 3.61. The average Bonchev–Trinajstić information content (AvgIpc) is 2.73. The van der Waals surface area contributed by atoms with Crippen molar-refractivity contribution in [2.45, 2.75) is 78.1 Å². The number of aryl methyl sites for hydroxylation is 1. The second-order valence-electron chi connectivity index (χ2n) is 7.90. The van der Waals surface area contributed by atoms with Crippen molar-refractivity contribution in [1.82, 2.24) is 0 Å². The molecule has 2 aromatic carbocycles. The first-order valence-corrected chi connectivity index (χ1v) is 11.4. The molecule has 0 aliphatic carbocycles. The minimum Gasteiger partial charge on any atom is -0.494 e. The zero-order valence-electron chi connectivity index (χ0n) is 18.4. The van der Waals surface area contributed by atoms with Gasteiger partial charge in [0.2, 0.25) is 0 Å². The van der Waals surface area contributed by atoms with Crippen molar-refractivity contribution in [3.63, 3.8) is 0 Å². The lowest BCUT2D eigenvalue weighted by Crippen LogP contribution is -2.03. The van der Waals surface area contributed by atoms with Crippen molar-refractivity contribution in [1.29, 1.82) is 0 Å². The molecule has 0 amide bonds. The number of benzene rings is 2. The molecule has 3 nitrogen and oxygen atoms in total. The Labute approximate surface area is 180 Å². The Kier molecular flexibility index (Phi) is 10.4. The molecule has 0 aliphatic heterocycles. The minimum atomic E-state index is -1.07. The highest BCUT2D eigenvalue weighted by molar-refractivity contribution is 5.96. The van der Waals surface area contributed by atoms with Gasteiger partial charge in [-0.05, 0) is 49.1 Å². The van der Waals surface area contributed by atoms with Crippen molar-refractivity contribution in [2.75, 3.05) is 6.61 Å². The molecule has 2 aromatic rings. The van der Waals surface area contributed by atoms with E-state index in [2.05, 4.69) is 13.8 Å². The number of ether oxygens (including phenoxy) is 1. The monoisotopic (exact) mass is 414 g/mol. The number of halogens is 1. The molecule has 0 saturated heterocycles. The van der Waals surface area contributed by atoms with Gasteiger partial charge in [0, 0.05) is 11.1 Å². The van der Waals surface area contributed by atoms with Crippen LogP contribution in [0.1, 0.15) is 87.6 Å². The lowest BCUT2D eigenvalue weighted by Gasteiger charge is -2.13. The Morgan fingerprint density at radius 2 is 1.57 bits per heavy atom. The first-order chi connectivity index (χ1) is 14.6. The van der Waals surface area contributed by atoms with E-state index >= 15 is 0 Å². The number of rotatable bonds is 14. The molecule has 0 heterocycles. The van der Waals surface area contributed by atoms with Crippen LogP contribution in [0.4, 0.5) is 4.39 Å². The zero-order valence-corrected chi connectivity index (χ0v) is 18.4. The number of unbranched alkanes of at least 4 members (excludes halogenated alkanes) is 7. The third-order valence-corrected chi connectivity index (χ3v) is 5.38. The molecule has 0 radical (unpaired) electrons. The SMILES string of the molecule is CCCCCCCCOc1ccc(C(=O)O)c(-c2ccc(CCCCC)cc2F)c1. The van der Waals surface area contributed by atoms with Crippen LogP contribution in [-0.2, 0) is 6.42 Å². The molecule has 0 aromatic heterocycles. The van der Waals surface area contributed by atoms with Gasteiger partial charge in [-0.3, -0.25) is 0 Å². The Morgan fingerprint density at radius 3 is 2.27 bits per heavy atom. The van der Waals surface area contributed by atoms with Crippen LogP contribution in [0.5, 0.6) is 5.75 Å². The van der Waals surface area contributed by atoms with E-state index in [1.165, 1.54) is 37.8 Å². The molecule has 0 aliphatic rings. The van der Waals surface area contributed by atoms with Crippen LogP contribution in [-0.4, -0.2) is 17.7 Å². The third-order valence-electron chi connectivity index (χ3n) is 5.38. The Balaban J connectivity index is 2.10. The molecule has 1 N–H and O–H groups in total. The topological polar surface area (TPSA) is 46.5 Å². The number of aromatic carboxylic acids is 1. The van der Waals surface area contributed by atoms with Crippen LogP contribution < -0.4 is 4.74 Å². The molecule has 0 saturated carbocycles. The van der Waals surface area contributed by atoms with Gasteiger partial charge in [0.25, 0.3) is 0 Å². The number of hydrogen-bond acceptors (Lipinski definition) is 2. The molecule has 30 heavy (non-hydrogen) atoms. The van der Waals surface area contributed by atoms with E-state index in [0.717, 1.165) is 44.1 Å². The van der Waals surface area contributed by atoms with Gasteiger partial charge in [0.05, 0.1) is 12.2 Å². The molecule has 0 bridgehead atoms. The average molecular weight is 415 g/mol. The van der Waals surface area contributed by atoms with Crippen LogP contribution in [0.3, 0.4) is 0 Å². The predicted molar refractivity (Wildman–Crippen MR) is 121 cm³/mol. The first kappa shape index (κ1) is 23.9. The molecule has 0 spiro atoms. The van der Waals surface area contributed by atoms with E-state index in [1.807, 2.05) is 6.07 Å². The predicted octanol–water partition coefficient (Wildman–Crippen LogP) is 7.66. The van der Waals surface area contributed by atoms with Crippen molar-refractivity contribution < 1.29 is 19.0 Å². The summed E-state index contributed by atoms with van der Waals surface area (Å²) in [6.07, 6.45) is 11.1. The summed E-state index contributed by atoms with van der Waals surface area (Å²) < 4.78 is 20.7. The maximum atomic E-state index is 14.8. The number of carboxylic acid groups (broad SMARTS) is 1. The summed E-state index contributed by atoms with van der Waals surface area (Å²) >= 11 is 0. The number of hydrogen-bond donors (Lipinski definition) is 1. The van der Waals surface area contributed by atoms with Gasteiger partial charge >= 0.3 is 5.97 Å². The Hall–Kier alpha value is -2.36. The molecular weight excluding hydrogens is 379 g/mol. The number of carbonyl (C=O) groups is 1. The van der Waals surface area contributed by atoms with Gasteiger partial charge in [0.15, 0.2) is 0 Å². The van der Waals surface area contributed by atoms with E-state index in [-0.39, 0.29) is 11.4 Å².